The molecule has 13 heavy (non-hydrogen) atoms. The molecule has 1 rings (SSSR count). The predicted octanol–water partition coefficient (Wildman–Crippen LogP) is 1.23. The first-order valence-electron chi connectivity index (χ1n) is 3.63. The van der Waals surface area contributed by atoms with E-state index in [1.807, 2.05) is 0 Å². The lowest BCUT2D eigenvalue weighted by Crippen LogP contribution is -2.34. The van der Waals surface area contributed by atoms with Crippen LogP contribution in [0.25, 0.3) is 0 Å². The molecule has 0 aliphatic heterocycles. The summed E-state index contributed by atoms with van der Waals surface area (Å²) in [5, 5.41) is 10.2. The van der Waals surface area contributed by atoms with E-state index >= 15 is 0 Å². The minimum atomic E-state index is -0.738. The van der Waals surface area contributed by atoms with E-state index in [-0.39, 0.29) is 5.69 Å². The predicted molar refractivity (Wildman–Crippen MR) is 46.6 cm³/mol. The Labute approximate surface area is 74.7 Å². The molecule has 0 radical (unpaired) electrons. The lowest BCUT2D eigenvalue weighted by molar-refractivity contribution is -0.483. The van der Waals surface area contributed by atoms with E-state index in [2.05, 4.69) is 0 Å². The number of nitro groups is 1. The molecule has 1 amide bonds. The molecule has 0 saturated carbocycles. The third-order valence-corrected chi connectivity index (χ3v) is 1.46. The van der Waals surface area contributed by atoms with E-state index in [1.54, 1.807) is 18.2 Å². The highest BCUT2D eigenvalue weighted by atomic mass is 16.7. The summed E-state index contributed by atoms with van der Waals surface area (Å²) < 4.78 is 0. The Bertz CT molecular complexity index is 309. The summed E-state index contributed by atoms with van der Waals surface area (Å²) in [6.45, 7) is 1.15. The SMILES string of the molecule is CC(=O)N(c1ccccc1)[N+](=O)[O-]. The maximum Gasteiger partial charge on any atom is 0.286 e. The molecule has 5 nitrogen and oxygen atoms in total. The number of amides is 1. The molecule has 0 aliphatic rings. The summed E-state index contributed by atoms with van der Waals surface area (Å²) in [7, 11) is 0. The van der Waals surface area contributed by atoms with Gasteiger partial charge in [-0.3, -0.25) is 4.79 Å². The van der Waals surface area contributed by atoms with Gasteiger partial charge in [0.25, 0.3) is 5.91 Å². The topological polar surface area (TPSA) is 63.5 Å². The molecule has 1 aromatic rings. The van der Waals surface area contributed by atoms with E-state index in [0.717, 1.165) is 6.92 Å². The number of anilines is 1. The lowest BCUT2D eigenvalue weighted by atomic mass is 10.3. The molecule has 0 atom stereocenters. The summed E-state index contributed by atoms with van der Waals surface area (Å²) in [6.07, 6.45) is 0. The third-order valence-electron chi connectivity index (χ3n) is 1.46. The van der Waals surface area contributed by atoms with E-state index in [1.165, 1.54) is 12.1 Å². The molecule has 0 bridgehead atoms. The second-order valence-electron chi connectivity index (χ2n) is 2.40. The fourth-order valence-corrected chi connectivity index (χ4v) is 0.960. The average Bonchev–Trinajstić information content (AvgIpc) is 2.04. The normalized spacial score (nSPS) is 9.31. The standard InChI is InChI=1S/C8H8N2O3/c1-7(11)9(10(12)13)8-5-3-2-4-6-8/h2-6H,1H3. The number of rotatable bonds is 2. The van der Waals surface area contributed by atoms with Crippen molar-refractivity contribution in [3.63, 3.8) is 0 Å². The number of carbonyl (C=O) groups excluding carboxylic acids is 1. The maximum absolute atomic E-state index is 10.9. The number of carbonyl (C=O) groups is 1. The van der Waals surface area contributed by atoms with Crippen molar-refractivity contribution in [1.82, 2.24) is 0 Å². The van der Waals surface area contributed by atoms with Crippen LogP contribution >= 0.6 is 0 Å². The van der Waals surface area contributed by atoms with Crippen molar-refractivity contribution in [3.8, 4) is 0 Å². The van der Waals surface area contributed by atoms with Crippen molar-refractivity contribution in [3.05, 3.63) is 40.4 Å². The van der Waals surface area contributed by atoms with Crippen LogP contribution in [-0.2, 0) is 4.79 Å². The first-order chi connectivity index (χ1) is 6.13. The van der Waals surface area contributed by atoms with Crippen LogP contribution in [0.1, 0.15) is 6.92 Å². The van der Waals surface area contributed by atoms with Gasteiger partial charge >= 0.3 is 0 Å². The van der Waals surface area contributed by atoms with Crippen LogP contribution in [0, 0.1) is 10.1 Å². The van der Waals surface area contributed by atoms with Crippen LogP contribution in [0.15, 0.2) is 30.3 Å². The van der Waals surface area contributed by atoms with Crippen molar-refractivity contribution in [1.29, 1.82) is 0 Å². The quantitative estimate of drug-likeness (QED) is 0.508. The number of hydrazine groups is 1. The van der Waals surface area contributed by atoms with Gasteiger partial charge in [-0.1, -0.05) is 18.2 Å². The van der Waals surface area contributed by atoms with E-state index in [4.69, 9.17) is 0 Å². The fraction of sp³-hybridized carbons (Fsp3) is 0.125. The van der Waals surface area contributed by atoms with Crippen LogP contribution in [0.3, 0.4) is 0 Å². The van der Waals surface area contributed by atoms with Gasteiger partial charge in [0.05, 0.1) is 0 Å². The zero-order chi connectivity index (χ0) is 9.84. The Morgan fingerprint density at radius 2 is 1.92 bits per heavy atom. The average molecular weight is 180 g/mol. The summed E-state index contributed by atoms with van der Waals surface area (Å²) >= 11 is 0. The lowest BCUT2D eigenvalue weighted by Gasteiger charge is -2.08. The molecule has 5 heteroatoms. The Kier molecular flexibility index (Phi) is 2.59. The van der Waals surface area contributed by atoms with E-state index in [0.29, 0.717) is 5.01 Å². The molecular weight excluding hydrogens is 172 g/mol. The Hall–Kier alpha value is -1.91. The summed E-state index contributed by atoms with van der Waals surface area (Å²) in [5.41, 5.74) is 0.264. The summed E-state index contributed by atoms with van der Waals surface area (Å²) in [5.74, 6) is -0.615. The van der Waals surface area contributed by atoms with Gasteiger partial charge in [-0.25, -0.2) is 10.1 Å². The van der Waals surface area contributed by atoms with Gasteiger partial charge in [0.2, 0.25) is 0 Å². The van der Waals surface area contributed by atoms with Crippen molar-refractivity contribution < 1.29 is 9.83 Å². The second-order valence-corrected chi connectivity index (χ2v) is 2.40. The van der Waals surface area contributed by atoms with Gasteiger partial charge in [0.15, 0.2) is 5.03 Å². The first-order valence-corrected chi connectivity index (χ1v) is 3.63. The molecule has 0 saturated heterocycles. The molecule has 0 aromatic heterocycles. The van der Waals surface area contributed by atoms with Crippen molar-refractivity contribution in [2.24, 2.45) is 0 Å². The number of hydrogen-bond donors (Lipinski definition) is 0. The molecule has 0 fully saturated rings. The number of nitrogens with zero attached hydrogens (tertiary/aromatic N) is 2. The highest BCUT2D eigenvalue weighted by Crippen LogP contribution is 2.12. The van der Waals surface area contributed by atoms with Gasteiger partial charge in [0.1, 0.15) is 5.69 Å². The molecular formula is C8H8N2O3. The third kappa shape index (κ3) is 2.02. The fourth-order valence-electron chi connectivity index (χ4n) is 0.960. The van der Waals surface area contributed by atoms with Crippen molar-refractivity contribution >= 4 is 11.6 Å². The maximum atomic E-state index is 10.9. The smallest absolute Gasteiger partial charge is 0.269 e. The highest BCUT2D eigenvalue weighted by Gasteiger charge is 2.21. The van der Waals surface area contributed by atoms with Gasteiger partial charge in [0, 0.05) is 6.92 Å². The van der Waals surface area contributed by atoms with Gasteiger partial charge in [-0.05, 0) is 17.1 Å². The zero-order valence-electron chi connectivity index (χ0n) is 7.01. The molecule has 0 unspecified atom stereocenters. The van der Waals surface area contributed by atoms with Gasteiger partial charge < -0.3 is 0 Å². The Morgan fingerprint density at radius 3 is 2.31 bits per heavy atom. The first kappa shape index (κ1) is 9.18. The molecule has 0 aliphatic carbocycles. The summed E-state index contributed by atoms with van der Waals surface area (Å²) in [4.78, 5) is 21.3. The van der Waals surface area contributed by atoms with Gasteiger partial charge in [-0.2, -0.15) is 0 Å². The van der Waals surface area contributed by atoms with E-state index < -0.39 is 10.9 Å². The molecule has 0 heterocycles. The minimum Gasteiger partial charge on any atom is -0.269 e. The largest absolute Gasteiger partial charge is 0.286 e. The van der Waals surface area contributed by atoms with Crippen LogP contribution in [0.4, 0.5) is 5.69 Å². The van der Waals surface area contributed by atoms with E-state index in [9.17, 15) is 14.9 Å². The Morgan fingerprint density at radius 1 is 1.38 bits per heavy atom. The molecule has 0 spiro atoms. The monoisotopic (exact) mass is 180 g/mol. The zero-order valence-corrected chi connectivity index (χ0v) is 7.01. The number of benzene rings is 1. The second kappa shape index (κ2) is 3.66. The van der Waals surface area contributed by atoms with Crippen LogP contribution in [0.2, 0.25) is 0 Å². The van der Waals surface area contributed by atoms with Crippen LogP contribution < -0.4 is 5.01 Å². The molecule has 68 valence electrons. The Balaban J connectivity index is 3.03. The molecule has 0 N–H and O–H groups in total. The highest BCUT2D eigenvalue weighted by molar-refractivity contribution is 5.88. The molecule has 1 aromatic carbocycles. The summed E-state index contributed by atoms with van der Waals surface area (Å²) in [6, 6.07) is 8.00. The number of hydrogen-bond acceptors (Lipinski definition) is 3. The van der Waals surface area contributed by atoms with Crippen LogP contribution in [-0.4, -0.2) is 10.9 Å². The minimum absolute atomic E-state index is 0.264. The van der Waals surface area contributed by atoms with Gasteiger partial charge in [-0.15, -0.1) is 0 Å². The van der Waals surface area contributed by atoms with Crippen LogP contribution in [0.5, 0.6) is 0 Å². The van der Waals surface area contributed by atoms with Crippen molar-refractivity contribution in [2.75, 3.05) is 5.01 Å². The van der Waals surface area contributed by atoms with Crippen molar-refractivity contribution in [2.45, 2.75) is 6.92 Å². The number of para-hydroxylation sites is 1.